The summed E-state index contributed by atoms with van der Waals surface area (Å²) in [6, 6.07) is 0. The van der Waals surface area contributed by atoms with Gasteiger partial charge in [0.25, 0.3) is 0 Å². The molecule has 0 aliphatic carbocycles. The molecule has 9 heteroatoms. The Kier molecular flexibility index (Phi) is 5.66. The number of aliphatic carboxylic acids is 1. The molecule has 0 aromatic heterocycles. The average molecular weight is 355 g/mol. The Morgan fingerprint density at radius 1 is 1.46 bits per heavy atom. The highest BCUT2D eigenvalue weighted by molar-refractivity contribution is 8.03. The minimum Gasteiger partial charge on any atom is -0.481 e. The number of carbonyl (C=O) groups excluding carboxylic acids is 3. The molecule has 1 N–H and O–H groups in total. The number of carbonyl (C=O) groups is 4. The van der Waals surface area contributed by atoms with E-state index in [1.807, 2.05) is 0 Å². The predicted molar refractivity (Wildman–Crippen MR) is 83.4 cm³/mol. The van der Waals surface area contributed by atoms with Gasteiger partial charge in [0.1, 0.15) is 29.7 Å². The fourth-order valence-electron chi connectivity index (χ4n) is 2.41. The maximum absolute atomic E-state index is 12.3. The van der Waals surface area contributed by atoms with Crippen molar-refractivity contribution >= 4 is 35.6 Å². The standard InChI is InChI=1S/C15H17NO7S/c1-3-6-22-15(21)9-7-24-14-12(13(20)16(9)14)8(2)23-11(19)5-4-10(17)18/h3,7-8,12,14H,1,4-6H2,2H3,(H,17,18)/t8-,12+,14+/m1/s1. The summed E-state index contributed by atoms with van der Waals surface area (Å²) in [4.78, 5) is 47.5. The third-order valence-corrected chi connectivity index (χ3v) is 4.71. The molecule has 0 unspecified atom stereocenters. The maximum atomic E-state index is 12.3. The molecule has 0 spiro atoms. The van der Waals surface area contributed by atoms with Gasteiger partial charge in [-0.05, 0) is 6.92 Å². The van der Waals surface area contributed by atoms with E-state index in [2.05, 4.69) is 6.58 Å². The first-order chi connectivity index (χ1) is 11.4. The second-order valence-corrected chi connectivity index (χ2v) is 6.23. The van der Waals surface area contributed by atoms with Gasteiger partial charge in [-0.3, -0.25) is 19.3 Å². The molecule has 8 nitrogen and oxygen atoms in total. The van der Waals surface area contributed by atoms with E-state index < -0.39 is 29.9 Å². The number of carboxylic acid groups (broad SMARTS) is 1. The number of hydrogen-bond donors (Lipinski definition) is 1. The van der Waals surface area contributed by atoms with E-state index in [4.69, 9.17) is 14.6 Å². The van der Waals surface area contributed by atoms with Gasteiger partial charge in [0.2, 0.25) is 5.91 Å². The average Bonchev–Trinajstić information content (AvgIpc) is 2.89. The largest absolute Gasteiger partial charge is 0.481 e. The Balaban J connectivity index is 1.89. The van der Waals surface area contributed by atoms with Crippen LogP contribution in [-0.2, 0) is 28.7 Å². The molecule has 2 aliphatic rings. The van der Waals surface area contributed by atoms with Crippen LogP contribution in [0.2, 0.25) is 0 Å². The number of fused-ring (bicyclic) bond motifs is 1. The zero-order valence-corrected chi connectivity index (χ0v) is 13.8. The van der Waals surface area contributed by atoms with Crippen molar-refractivity contribution in [2.45, 2.75) is 31.2 Å². The molecule has 0 saturated carbocycles. The number of β-lactam (4-membered cyclic amide) rings is 1. The number of esters is 2. The third kappa shape index (κ3) is 3.61. The molecular weight excluding hydrogens is 338 g/mol. The van der Waals surface area contributed by atoms with Gasteiger partial charge in [0, 0.05) is 5.41 Å². The van der Waals surface area contributed by atoms with Crippen LogP contribution in [0.25, 0.3) is 0 Å². The summed E-state index contributed by atoms with van der Waals surface area (Å²) in [6.07, 6.45) is 0.149. The van der Waals surface area contributed by atoms with E-state index in [1.54, 1.807) is 12.3 Å². The lowest BCUT2D eigenvalue weighted by molar-refractivity contribution is -0.167. The number of amides is 1. The zero-order valence-electron chi connectivity index (χ0n) is 13.0. The Hall–Kier alpha value is -2.29. The van der Waals surface area contributed by atoms with E-state index in [0.29, 0.717) is 0 Å². The van der Waals surface area contributed by atoms with Crippen LogP contribution in [0.1, 0.15) is 19.8 Å². The molecule has 0 aromatic rings. The molecular formula is C15H17NO7S. The number of ether oxygens (including phenoxy) is 2. The van der Waals surface area contributed by atoms with E-state index in [0.717, 1.165) is 0 Å². The quantitative estimate of drug-likeness (QED) is 0.388. The third-order valence-electron chi connectivity index (χ3n) is 3.57. The van der Waals surface area contributed by atoms with E-state index in [1.165, 1.54) is 22.7 Å². The summed E-state index contributed by atoms with van der Waals surface area (Å²) >= 11 is 1.28. The zero-order chi connectivity index (χ0) is 17.9. The lowest BCUT2D eigenvalue weighted by Crippen LogP contribution is -2.61. The molecule has 3 atom stereocenters. The fraction of sp³-hybridized carbons (Fsp3) is 0.467. The highest BCUT2D eigenvalue weighted by Crippen LogP contribution is 2.46. The number of nitrogens with zero attached hydrogens (tertiary/aromatic N) is 1. The van der Waals surface area contributed by atoms with Gasteiger partial charge in [0.05, 0.1) is 12.8 Å². The minimum absolute atomic E-state index is 0.0502. The molecule has 0 radical (unpaired) electrons. The number of rotatable bonds is 8. The van der Waals surface area contributed by atoms with Crippen LogP contribution in [0, 0.1) is 5.92 Å². The van der Waals surface area contributed by atoms with Crippen molar-refractivity contribution < 1.29 is 33.8 Å². The van der Waals surface area contributed by atoms with Crippen molar-refractivity contribution in [3.8, 4) is 0 Å². The van der Waals surface area contributed by atoms with Crippen LogP contribution in [0.15, 0.2) is 23.8 Å². The molecule has 2 heterocycles. The first kappa shape index (κ1) is 18.1. The molecule has 24 heavy (non-hydrogen) atoms. The highest BCUT2D eigenvalue weighted by atomic mass is 32.2. The van der Waals surface area contributed by atoms with Gasteiger partial charge in [0.15, 0.2) is 0 Å². The molecule has 2 aliphatic heterocycles. The molecule has 2 rings (SSSR count). The smallest absolute Gasteiger partial charge is 0.355 e. The number of thioether (sulfide) groups is 1. The predicted octanol–water partition coefficient (Wildman–Crippen LogP) is 0.885. The SMILES string of the molecule is C=CCOC(=O)C1=CS[C@H]2[C@@H]([C@@H](C)OC(=O)CCC(=O)O)C(=O)N12. The maximum Gasteiger partial charge on any atom is 0.355 e. The lowest BCUT2D eigenvalue weighted by atomic mass is 9.92. The van der Waals surface area contributed by atoms with Crippen molar-refractivity contribution in [2.24, 2.45) is 5.92 Å². The summed E-state index contributed by atoms with van der Waals surface area (Å²) in [5.74, 6) is -3.28. The van der Waals surface area contributed by atoms with Gasteiger partial charge in [-0.2, -0.15) is 0 Å². The fourth-order valence-corrected chi connectivity index (χ4v) is 3.74. The van der Waals surface area contributed by atoms with Crippen LogP contribution in [0.3, 0.4) is 0 Å². The van der Waals surface area contributed by atoms with Crippen molar-refractivity contribution in [1.29, 1.82) is 0 Å². The van der Waals surface area contributed by atoms with Gasteiger partial charge in [-0.1, -0.05) is 12.7 Å². The molecule has 1 saturated heterocycles. The first-order valence-corrected chi connectivity index (χ1v) is 8.19. The minimum atomic E-state index is -1.09. The molecule has 1 fully saturated rings. The lowest BCUT2D eigenvalue weighted by Gasteiger charge is -2.44. The summed E-state index contributed by atoms with van der Waals surface area (Å²) in [7, 11) is 0. The van der Waals surface area contributed by atoms with E-state index in [-0.39, 0.29) is 36.4 Å². The topological polar surface area (TPSA) is 110 Å². The number of hydrogen-bond acceptors (Lipinski definition) is 7. The summed E-state index contributed by atoms with van der Waals surface area (Å²) in [5, 5.41) is 9.76. The molecule has 0 bridgehead atoms. The van der Waals surface area contributed by atoms with Crippen LogP contribution >= 0.6 is 11.8 Å². The monoisotopic (exact) mass is 355 g/mol. The van der Waals surface area contributed by atoms with Crippen LogP contribution in [0.4, 0.5) is 0 Å². The van der Waals surface area contributed by atoms with Gasteiger partial charge < -0.3 is 14.6 Å². The van der Waals surface area contributed by atoms with Gasteiger partial charge >= 0.3 is 17.9 Å². The second-order valence-electron chi connectivity index (χ2n) is 5.24. The van der Waals surface area contributed by atoms with Gasteiger partial charge in [-0.25, -0.2) is 4.79 Å². The Morgan fingerprint density at radius 2 is 2.17 bits per heavy atom. The van der Waals surface area contributed by atoms with Crippen molar-refractivity contribution in [3.05, 3.63) is 23.8 Å². The van der Waals surface area contributed by atoms with Crippen molar-refractivity contribution in [1.82, 2.24) is 4.90 Å². The number of carboxylic acids is 1. The Labute approximate surface area is 142 Å². The Morgan fingerprint density at radius 3 is 2.79 bits per heavy atom. The van der Waals surface area contributed by atoms with Crippen LogP contribution < -0.4 is 0 Å². The molecule has 0 aromatic carbocycles. The van der Waals surface area contributed by atoms with Crippen molar-refractivity contribution in [3.63, 3.8) is 0 Å². The first-order valence-electron chi connectivity index (χ1n) is 7.24. The van der Waals surface area contributed by atoms with Crippen LogP contribution in [-0.4, -0.2) is 51.9 Å². The molecule has 1 amide bonds. The normalized spacial score (nSPS) is 22.8. The highest BCUT2D eigenvalue weighted by Gasteiger charge is 2.56. The van der Waals surface area contributed by atoms with E-state index in [9.17, 15) is 19.2 Å². The van der Waals surface area contributed by atoms with E-state index >= 15 is 0 Å². The Bertz CT molecular complexity index is 615. The summed E-state index contributed by atoms with van der Waals surface area (Å²) in [5.41, 5.74) is 0.164. The molecule has 130 valence electrons. The second kappa shape index (κ2) is 7.52. The summed E-state index contributed by atoms with van der Waals surface area (Å²) < 4.78 is 10.0. The van der Waals surface area contributed by atoms with Crippen LogP contribution in [0.5, 0.6) is 0 Å². The van der Waals surface area contributed by atoms with Gasteiger partial charge in [-0.15, -0.1) is 11.8 Å². The van der Waals surface area contributed by atoms with Crippen molar-refractivity contribution in [2.75, 3.05) is 6.61 Å². The summed E-state index contributed by atoms with van der Waals surface area (Å²) in [6.45, 7) is 5.07.